The summed E-state index contributed by atoms with van der Waals surface area (Å²) in [6.07, 6.45) is 8.08. The zero-order chi connectivity index (χ0) is 15.1. The Bertz CT molecular complexity index is 427. The number of rotatable bonds is 7. The van der Waals surface area contributed by atoms with Crippen molar-refractivity contribution < 1.29 is 9.47 Å². The Morgan fingerprint density at radius 3 is 2.43 bits per heavy atom. The van der Waals surface area contributed by atoms with Gasteiger partial charge in [0.2, 0.25) is 0 Å². The maximum atomic E-state index is 5.41. The molecule has 1 saturated carbocycles. The molecule has 1 unspecified atom stereocenters. The zero-order valence-corrected chi connectivity index (χ0v) is 13.7. The molecule has 118 valence electrons. The molecule has 0 amide bonds. The number of ether oxygens (including phenoxy) is 2. The van der Waals surface area contributed by atoms with Crippen LogP contribution < -0.4 is 14.8 Å². The van der Waals surface area contributed by atoms with Crippen LogP contribution in [0.5, 0.6) is 11.5 Å². The molecule has 3 heteroatoms. The van der Waals surface area contributed by atoms with Gasteiger partial charge in [-0.15, -0.1) is 0 Å². The van der Waals surface area contributed by atoms with E-state index in [2.05, 4.69) is 24.4 Å². The Balaban J connectivity index is 1.99. The first-order chi connectivity index (χ1) is 10.3. The molecule has 1 aliphatic rings. The van der Waals surface area contributed by atoms with Gasteiger partial charge in [-0.2, -0.15) is 0 Å². The van der Waals surface area contributed by atoms with Crippen LogP contribution in [0.1, 0.15) is 57.1 Å². The lowest BCUT2D eigenvalue weighted by Gasteiger charge is -2.25. The topological polar surface area (TPSA) is 30.5 Å². The monoisotopic (exact) mass is 291 g/mol. The molecule has 0 aromatic heterocycles. The van der Waals surface area contributed by atoms with Gasteiger partial charge in [0.15, 0.2) is 11.5 Å². The van der Waals surface area contributed by atoms with Crippen molar-refractivity contribution in [2.75, 3.05) is 20.8 Å². The van der Waals surface area contributed by atoms with E-state index in [9.17, 15) is 0 Å². The van der Waals surface area contributed by atoms with Crippen LogP contribution in [0.4, 0.5) is 0 Å². The molecule has 0 aliphatic heterocycles. The van der Waals surface area contributed by atoms with Gasteiger partial charge in [0.25, 0.3) is 0 Å². The summed E-state index contributed by atoms with van der Waals surface area (Å²) in [7, 11) is 3.37. The maximum absolute atomic E-state index is 5.41. The van der Waals surface area contributed by atoms with Crippen LogP contribution in [0.15, 0.2) is 18.2 Å². The summed E-state index contributed by atoms with van der Waals surface area (Å²) in [5, 5.41) is 3.75. The summed E-state index contributed by atoms with van der Waals surface area (Å²) in [6, 6.07) is 6.63. The minimum atomic E-state index is 0.395. The second-order valence-corrected chi connectivity index (χ2v) is 5.99. The van der Waals surface area contributed by atoms with Crippen molar-refractivity contribution in [1.29, 1.82) is 0 Å². The molecule has 1 aromatic rings. The van der Waals surface area contributed by atoms with Crippen molar-refractivity contribution in [2.24, 2.45) is 5.92 Å². The molecule has 3 nitrogen and oxygen atoms in total. The molecule has 21 heavy (non-hydrogen) atoms. The van der Waals surface area contributed by atoms with Gasteiger partial charge in [0.1, 0.15) is 0 Å². The van der Waals surface area contributed by atoms with Crippen molar-refractivity contribution in [2.45, 2.75) is 51.5 Å². The Labute approximate surface area is 129 Å². The normalized spacial score (nSPS) is 17.5. The smallest absolute Gasteiger partial charge is 0.161 e. The lowest BCUT2D eigenvalue weighted by molar-refractivity contribution is 0.325. The van der Waals surface area contributed by atoms with Crippen LogP contribution in [-0.4, -0.2) is 20.8 Å². The lowest BCUT2D eigenvalue weighted by Crippen LogP contribution is -2.28. The highest BCUT2D eigenvalue weighted by molar-refractivity contribution is 5.43. The average molecular weight is 291 g/mol. The highest BCUT2D eigenvalue weighted by Gasteiger charge is 2.17. The van der Waals surface area contributed by atoms with Crippen LogP contribution in [0.2, 0.25) is 0 Å². The number of hydrogen-bond donors (Lipinski definition) is 1. The van der Waals surface area contributed by atoms with Crippen LogP contribution in [0.3, 0.4) is 0 Å². The summed E-state index contributed by atoms with van der Waals surface area (Å²) in [5.41, 5.74) is 1.28. The van der Waals surface area contributed by atoms with Crippen LogP contribution in [0, 0.1) is 5.92 Å². The Kier molecular flexibility index (Phi) is 6.37. The second-order valence-electron chi connectivity index (χ2n) is 5.99. The number of benzene rings is 1. The zero-order valence-electron chi connectivity index (χ0n) is 13.7. The van der Waals surface area contributed by atoms with E-state index in [1.54, 1.807) is 14.2 Å². The first-order valence-electron chi connectivity index (χ1n) is 8.23. The van der Waals surface area contributed by atoms with Gasteiger partial charge in [0.05, 0.1) is 14.2 Å². The molecule has 2 rings (SSSR count). The highest BCUT2D eigenvalue weighted by atomic mass is 16.5. The average Bonchev–Trinajstić information content (AvgIpc) is 2.56. The first-order valence-corrected chi connectivity index (χ1v) is 8.23. The van der Waals surface area contributed by atoms with Crippen molar-refractivity contribution in [3.63, 3.8) is 0 Å². The highest BCUT2D eigenvalue weighted by Crippen LogP contribution is 2.31. The summed E-state index contributed by atoms with van der Waals surface area (Å²) in [5.74, 6) is 2.46. The summed E-state index contributed by atoms with van der Waals surface area (Å²) in [6.45, 7) is 3.36. The molecular weight excluding hydrogens is 262 g/mol. The summed E-state index contributed by atoms with van der Waals surface area (Å²) >= 11 is 0. The van der Waals surface area contributed by atoms with E-state index >= 15 is 0 Å². The van der Waals surface area contributed by atoms with Gasteiger partial charge in [-0.1, -0.05) is 32.3 Å². The third kappa shape index (κ3) is 4.37. The molecule has 1 N–H and O–H groups in total. The number of hydrogen-bond acceptors (Lipinski definition) is 3. The summed E-state index contributed by atoms with van der Waals surface area (Å²) in [4.78, 5) is 0. The maximum Gasteiger partial charge on any atom is 0.161 e. The van der Waals surface area contributed by atoms with Crippen molar-refractivity contribution >= 4 is 0 Å². The van der Waals surface area contributed by atoms with Gasteiger partial charge in [-0.3, -0.25) is 0 Å². The molecule has 1 atom stereocenters. The predicted octanol–water partition coefficient (Wildman–Crippen LogP) is 4.32. The molecule has 0 spiro atoms. The SMILES string of the molecule is CCC(NCC1CCCCC1)c1ccc(OC)c(OC)c1. The fourth-order valence-electron chi connectivity index (χ4n) is 3.27. The Morgan fingerprint density at radius 1 is 1.10 bits per heavy atom. The van der Waals surface area contributed by atoms with E-state index in [-0.39, 0.29) is 0 Å². The molecule has 0 bridgehead atoms. The van der Waals surface area contributed by atoms with E-state index in [1.807, 2.05) is 6.07 Å². The fraction of sp³-hybridized carbons (Fsp3) is 0.667. The minimum absolute atomic E-state index is 0.395. The van der Waals surface area contributed by atoms with Crippen LogP contribution in [0.25, 0.3) is 0 Å². The van der Waals surface area contributed by atoms with Gasteiger partial charge in [0, 0.05) is 6.04 Å². The van der Waals surface area contributed by atoms with E-state index in [1.165, 1.54) is 37.7 Å². The summed E-state index contributed by atoms with van der Waals surface area (Å²) < 4.78 is 10.7. The number of nitrogens with one attached hydrogen (secondary N) is 1. The second kappa shape index (κ2) is 8.28. The molecule has 0 heterocycles. The third-order valence-corrected chi connectivity index (χ3v) is 4.60. The first kappa shape index (κ1) is 16.2. The quantitative estimate of drug-likeness (QED) is 0.811. The Morgan fingerprint density at radius 2 is 1.81 bits per heavy atom. The predicted molar refractivity (Wildman–Crippen MR) is 87.2 cm³/mol. The molecule has 1 aliphatic carbocycles. The van der Waals surface area contributed by atoms with E-state index in [4.69, 9.17) is 9.47 Å². The van der Waals surface area contributed by atoms with Gasteiger partial charge in [-0.25, -0.2) is 0 Å². The van der Waals surface area contributed by atoms with Gasteiger partial charge >= 0.3 is 0 Å². The minimum Gasteiger partial charge on any atom is -0.493 e. The largest absolute Gasteiger partial charge is 0.493 e. The van der Waals surface area contributed by atoms with Crippen LogP contribution in [-0.2, 0) is 0 Å². The molecule has 1 aromatic carbocycles. The van der Waals surface area contributed by atoms with Gasteiger partial charge in [-0.05, 0) is 49.4 Å². The third-order valence-electron chi connectivity index (χ3n) is 4.60. The van der Waals surface area contributed by atoms with Gasteiger partial charge < -0.3 is 14.8 Å². The molecule has 0 radical (unpaired) electrons. The standard InChI is InChI=1S/C18H29NO2/c1-4-16(19-13-14-8-6-5-7-9-14)15-10-11-17(20-2)18(12-15)21-3/h10-12,14,16,19H,4-9,13H2,1-3H3. The van der Waals surface area contributed by atoms with Crippen molar-refractivity contribution in [1.82, 2.24) is 5.32 Å². The van der Waals surface area contributed by atoms with Crippen molar-refractivity contribution in [3.05, 3.63) is 23.8 Å². The number of methoxy groups -OCH3 is 2. The molecule has 0 saturated heterocycles. The Hall–Kier alpha value is -1.22. The lowest BCUT2D eigenvalue weighted by atomic mass is 9.89. The van der Waals surface area contributed by atoms with E-state index in [0.717, 1.165) is 30.4 Å². The molecular formula is C18H29NO2. The van der Waals surface area contributed by atoms with E-state index in [0.29, 0.717) is 6.04 Å². The fourth-order valence-corrected chi connectivity index (χ4v) is 3.27. The molecule has 1 fully saturated rings. The van der Waals surface area contributed by atoms with E-state index < -0.39 is 0 Å². The van der Waals surface area contributed by atoms with Crippen LogP contribution >= 0.6 is 0 Å². The van der Waals surface area contributed by atoms with Crippen molar-refractivity contribution in [3.8, 4) is 11.5 Å².